The second-order valence-electron chi connectivity index (χ2n) is 10.4. The van der Waals surface area contributed by atoms with E-state index in [0.717, 1.165) is 16.9 Å². The van der Waals surface area contributed by atoms with Gasteiger partial charge in [-0.2, -0.15) is 0 Å². The molecule has 2 heterocycles. The van der Waals surface area contributed by atoms with Crippen molar-refractivity contribution in [2.24, 2.45) is 5.73 Å². The zero-order chi connectivity index (χ0) is 29.1. The topological polar surface area (TPSA) is 212 Å². The van der Waals surface area contributed by atoms with Crippen molar-refractivity contribution in [2.75, 3.05) is 6.54 Å². The molecule has 0 saturated heterocycles. The first-order valence-corrected chi connectivity index (χ1v) is 14.0. The maximum absolute atomic E-state index is 13.2. The molecular weight excluding hydrogens is 526 g/mol. The SMILES string of the molecule is Cc1c(C)c(S(=O)(=O)NC(=N)NCCC[C@H](N)C(=O)N[C@@H](Cc2c[nH]cn2)C(=O)O)c(C)c2c1OC(C)(C)C2. The number of imidazole rings is 1. The molecule has 14 heteroatoms. The number of rotatable bonds is 11. The molecule has 0 unspecified atom stereocenters. The Kier molecular flexibility index (Phi) is 8.91. The molecule has 0 saturated carbocycles. The predicted octanol–water partition coefficient (Wildman–Crippen LogP) is 0.771. The number of hydrogen-bond donors (Lipinski definition) is 7. The summed E-state index contributed by atoms with van der Waals surface area (Å²) in [5.41, 5.74) is 8.74. The van der Waals surface area contributed by atoms with Crippen molar-refractivity contribution in [1.29, 1.82) is 5.41 Å². The first kappa shape index (κ1) is 29.9. The van der Waals surface area contributed by atoms with E-state index in [1.807, 2.05) is 20.8 Å². The molecule has 0 spiro atoms. The second kappa shape index (κ2) is 11.6. The zero-order valence-electron chi connectivity index (χ0n) is 22.8. The summed E-state index contributed by atoms with van der Waals surface area (Å²) in [7, 11) is -4.06. The van der Waals surface area contributed by atoms with Gasteiger partial charge in [-0.25, -0.2) is 22.9 Å². The standard InChI is InChI=1S/C25H37N7O6S/c1-13-14(2)21(15(3)17-10-25(4,5)38-20(13)17)39(36,37)32-24(27)29-8-6-7-18(26)22(33)31-19(23(34)35)9-16-11-28-12-30-16/h11-12,18-19H,6-10,26H2,1-5H3,(H,28,30)(H,31,33)(H,34,35)(H3,27,29,32)/t18-,19-/m0/s1. The summed E-state index contributed by atoms with van der Waals surface area (Å²) in [6, 6.07) is -2.16. The van der Waals surface area contributed by atoms with Gasteiger partial charge in [0.25, 0.3) is 10.0 Å². The fourth-order valence-corrected chi connectivity index (χ4v) is 6.15. The first-order chi connectivity index (χ1) is 18.1. The van der Waals surface area contributed by atoms with Crippen LogP contribution in [0.1, 0.15) is 54.6 Å². The number of guanidine groups is 1. The molecule has 214 valence electrons. The molecule has 1 aromatic heterocycles. The Bertz CT molecular complexity index is 1360. The minimum Gasteiger partial charge on any atom is -0.487 e. The van der Waals surface area contributed by atoms with Gasteiger partial charge in [-0.15, -0.1) is 0 Å². The van der Waals surface area contributed by atoms with Gasteiger partial charge in [0.05, 0.1) is 23.0 Å². The number of fused-ring (bicyclic) bond motifs is 1. The van der Waals surface area contributed by atoms with Crippen LogP contribution < -0.4 is 25.8 Å². The average molecular weight is 564 g/mol. The monoisotopic (exact) mass is 563 g/mol. The first-order valence-electron chi connectivity index (χ1n) is 12.6. The number of hydrogen-bond acceptors (Lipinski definition) is 8. The number of aromatic nitrogens is 2. The molecule has 1 amide bonds. The lowest BCUT2D eigenvalue weighted by Crippen LogP contribution is -2.49. The van der Waals surface area contributed by atoms with Gasteiger partial charge >= 0.3 is 5.97 Å². The van der Waals surface area contributed by atoms with Crippen LogP contribution in [0.25, 0.3) is 0 Å². The number of amides is 1. The van der Waals surface area contributed by atoms with Crippen LogP contribution in [0.4, 0.5) is 0 Å². The smallest absolute Gasteiger partial charge is 0.326 e. The summed E-state index contributed by atoms with van der Waals surface area (Å²) in [5.74, 6) is -1.52. The van der Waals surface area contributed by atoms with Crippen molar-refractivity contribution in [3.63, 3.8) is 0 Å². The average Bonchev–Trinajstić information content (AvgIpc) is 3.46. The van der Waals surface area contributed by atoms with Crippen molar-refractivity contribution >= 4 is 27.9 Å². The van der Waals surface area contributed by atoms with E-state index < -0.39 is 45.5 Å². The molecule has 3 rings (SSSR count). The maximum Gasteiger partial charge on any atom is 0.326 e. The number of nitrogens with zero attached hydrogens (tertiary/aromatic N) is 1. The Morgan fingerprint density at radius 1 is 1.26 bits per heavy atom. The molecule has 0 aliphatic carbocycles. The fraction of sp³-hybridized carbons (Fsp3) is 0.520. The lowest BCUT2D eigenvalue weighted by molar-refractivity contribution is -0.142. The van der Waals surface area contributed by atoms with Crippen LogP contribution >= 0.6 is 0 Å². The molecule has 2 atom stereocenters. The molecule has 2 aromatic rings. The van der Waals surface area contributed by atoms with E-state index in [1.54, 1.807) is 20.0 Å². The zero-order valence-corrected chi connectivity index (χ0v) is 23.6. The maximum atomic E-state index is 13.2. The van der Waals surface area contributed by atoms with E-state index >= 15 is 0 Å². The van der Waals surface area contributed by atoms with Crippen LogP contribution in [0.5, 0.6) is 5.75 Å². The Morgan fingerprint density at radius 2 is 1.95 bits per heavy atom. The van der Waals surface area contributed by atoms with Gasteiger partial charge in [0.1, 0.15) is 17.4 Å². The molecule has 0 radical (unpaired) electrons. The van der Waals surface area contributed by atoms with Crippen molar-refractivity contribution < 1.29 is 27.9 Å². The largest absolute Gasteiger partial charge is 0.487 e. The molecule has 13 nitrogen and oxygen atoms in total. The number of carbonyl (C=O) groups excluding carboxylic acids is 1. The fourth-order valence-electron chi connectivity index (χ4n) is 4.63. The molecule has 0 bridgehead atoms. The number of ether oxygens (including phenoxy) is 1. The Balaban J connectivity index is 1.52. The van der Waals surface area contributed by atoms with Crippen LogP contribution in [0.2, 0.25) is 0 Å². The summed E-state index contributed by atoms with van der Waals surface area (Å²) in [6.07, 6.45) is 4.06. The minimum absolute atomic E-state index is 0.00360. The number of carbonyl (C=O) groups is 2. The third kappa shape index (κ3) is 7.06. The number of benzene rings is 1. The van der Waals surface area contributed by atoms with Crippen LogP contribution in [0.3, 0.4) is 0 Å². The number of nitrogens with one attached hydrogen (secondary N) is 5. The molecule has 1 aromatic carbocycles. The van der Waals surface area contributed by atoms with E-state index in [-0.39, 0.29) is 24.3 Å². The number of carboxylic acids is 1. The minimum atomic E-state index is -4.06. The van der Waals surface area contributed by atoms with Crippen LogP contribution in [0, 0.1) is 26.2 Å². The van der Waals surface area contributed by atoms with Crippen molar-refractivity contribution in [2.45, 2.75) is 82.9 Å². The third-order valence-corrected chi connectivity index (χ3v) is 8.33. The quantitative estimate of drug-likeness (QED) is 0.117. The summed E-state index contributed by atoms with van der Waals surface area (Å²) in [4.78, 5) is 30.7. The number of sulfonamides is 1. The summed E-state index contributed by atoms with van der Waals surface area (Å²) >= 11 is 0. The van der Waals surface area contributed by atoms with Gasteiger partial charge in [-0.1, -0.05) is 0 Å². The molecule has 0 fully saturated rings. The Morgan fingerprint density at radius 3 is 2.56 bits per heavy atom. The Hall–Kier alpha value is -3.65. The molecule has 8 N–H and O–H groups in total. The number of aliphatic carboxylic acids is 1. The highest BCUT2D eigenvalue weighted by molar-refractivity contribution is 7.90. The van der Waals surface area contributed by atoms with E-state index in [0.29, 0.717) is 29.7 Å². The predicted molar refractivity (Wildman–Crippen MR) is 144 cm³/mol. The number of carboxylic acid groups (broad SMARTS) is 1. The van der Waals surface area contributed by atoms with Gasteiger partial charge in [-0.05, 0) is 64.2 Å². The third-order valence-electron chi connectivity index (χ3n) is 6.71. The van der Waals surface area contributed by atoms with Crippen molar-refractivity contribution in [3.8, 4) is 5.75 Å². The molecule has 1 aliphatic rings. The van der Waals surface area contributed by atoms with Crippen LogP contribution in [-0.4, -0.2) is 65.6 Å². The van der Waals surface area contributed by atoms with E-state index in [2.05, 4.69) is 25.3 Å². The van der Waals surface area contributed by atoms with Gasteiger partial charge in [0.2, 0.25) is 11.9 Å². The second-order valence-corrected chi connectivity index (χ2v) is 12.0. The summed E-state index contributed by atoms with van der Waals surface area (Å²) in [6.45, 7) is 9.37. The van der Waals surface area contributed by atoms with Crippen molar-refractivity contribution in [3.05, 3.63) is 40.5 Å². The molecule has 1 aliphatic heterocycles. The van der Waals surface area contributed by atoms with Crippen LogP contribution in [-0.2, 0) is 32.5 Å². The number of H-pyrrole nitrogens is 1. The lowest BCUT2D eigenvalue weighted by atomic mass is 9.94. The van der Waals surface area contributed by atoms with E-state index in [1.165, 1.54) is 6.33 Å². The summed E-state index contributed by atoms with van der Waals surface area (Å²) in [5, 5.41) is 22.6. The highest BCUT2D eigenvalue weighted by Crippen LogP contribution is 2.43. The highest BCUT2D eigenvalue weighted by atomic mass is 32.2. The number of nitrogens with two attached hydrogens (primary N) is 1. The van der Waals surface area contributed by atoms with Gasteiger partial charge < -0.3 is 31.2 Å². The van der Waals surface area contributed by atoms with E-state index in [4.69, 9.17) is 15.9 Å². The lowest BCUT2D eigenvalue weighted by Gasteiger charge is -2.20. The number of aromatic amines is 1. The molecular formula is C25H37N7O6S. The van der Waals surface area contributed by atoms with Crippen molar-refractivity contribution in [1.82, 2.24) is 25.3 Å². The van der Waals surface area contributed by atoms with Crippen LogP contribution in [0.15, 0.2) is 17.4 Å². The van der Waals surface area contributed by atoms with Gasteiger partial charge in [-0.3, -0.25) is 10.2 Å². The summed E-state index contributed by atoms with van der Waals surface area (Å²) < 4.78 is 34.8. The highest BCUT2D eigenvalue weighted by Gasteiger charge is 2.36. The van der Waals surface area contributed by atoms with Gasteiger partial charge in [0.15, 0.2) is 0 Å². The normalized spacial score (nSPS) is 15.5. The van der Waals surface area contributed by atoms with Gasteiger partial charge in [0, 0.05) is 31.1 Å². The molecule has 39 heavy (non-hydrogen) atoms. The Labute approximate surface area is 227 Å². The van der Waals surface area contributed by atoms with E-state index in [9.17, 15) is 23.1 Å².